The predicted octanol–water partition coefficient (Wildman–Crippen LogP) is 3.73. The third-order valence-corrected chi connectivity index (χ3v) is 3.60. The fourth-order valence-corrected chi connectivity index (χ4v) is 2.67. The number of nitro groups is 1. The quantitative estimate of drug-likeness (QED) is 0.590. The van der Waals surface area contributed by atoms with Crippen LogP contribution in [0.4, 0.5) is 16.2 Å². The molecule has 0 atom stereocenters. The summed E-state index contributed by atoms with van der Waals surface area (Å²) < 4.78 is 4.84. The first-order chi connectivity index (χ1) is 10.6. The van der Waals surface area contributed by atoms with Crippen molar-refractivity contribution in [3.05, 3.63) is 57.6 Å². The Morgan fingerprint density at radius 1 is 1.23 bits per heavy atom. The van der Waals surface area contributed by atoms with Crippen LogP contribution in [0.2, 0.25) is 0 Å². The molecule has 0 heterocycles. The van der Waals surface area contributed by atoms with Crippen LogP contribution in [0.25, 0.3) is 11.1 Å². The van der Waals surface area contributed by atoms with E-state index in [4.69, 9.17) is 4.74 Å². The van der Waals surface area contributed by atoms with E-state index in [-0.39, 0.29) is 5.69 Å². The van der Waals surface area contributed by atoms with Gasteiger partial charge in [0.15, 0.2) is 0 Å². The molecule has 0 saturated heterocycles. The predicted molar refractivity (Wildman–Crippen MR) is 82.0 cm³/mol. The van der Waals surface area contributed by atoms with Gasteiger partial charge in [-0.3, -0.25) is 15.4 Å². The number of fused-ring (bicyclic) bond motifs is 3. The summed E-state index contributed by atoms with van der Waals surface area (Å²) in [7, 11) is 0. The first-order valence-electron chi connectivity index (χ1n) is 6.93. The molecule has 1 amide bonds. The number of hydrogen-bond acceptors (Lipinski definition) is 4. The Balaban J connectivity index is 1.88. The van der Waals surface area contributed by atoms with Crippen molar-refractivity contribution in [3.8, 4) is 11.1 Å². The molecule has 0 saturated carbocycles. The topological polar surface area (TPSA) is 81.5 Å². The van der Waals surface area contributed by atoms with E-state index in [1.165, 1.54) is 6.07 Å². The fraction of sp³-hybridized carbons (Fsp3) is 0.188. The van der Waals surface area contributed by atoms with Gasteiger partial charge in [-0.15, -0.1) is 0 Å². The maximum atomic E-state index is 11.4. The SMILES string of the molecule is CCOC(=O)Nc1ccc2c(c1)Cc1cc([N+](=O)[O-])ccc1-2. The van der Waals surface area contributed by atoms with Crippen LogP contribution in [0, 0.1) is 10.1 Å². The number of rotatable bonds is 3. The van der Waals surface area contributed by atoms with E-state index in [1.807, 2.05) is 12.1 Å². The number of carbonyl (C=O) groups excluding carboxylic acids is 1. The lowest BCUT2D eigenvalue weighted by Crippen LogP contribution is -2.13. The van der Waals surface area contributed by atoms with Crippen molar-refractivity contribution < 1.29 is 14.5 Å². The minimum Gasteiger partial charge on any atom is -0.450 e. The number of nitro benzene ring substituents is 1. The van der Waals surface area contributed by atoms with E-state index < -0.39 is 11.0 Å². The van der Waals surface area contributed by atoms with Crippen molar-refractivity contribution in [1.82, 2.24) is 0 Å². The number of non-ortho nitro benzene ring substituents is 1. The minimum absolute atomic E-state index is 0.0939. The average Bonchev–Trinajstić information content (AvgIpc) is 2.83. The Bertz CT molecular complexity index is 771. The summed E-state index contributed by atoms with van der Waals surface area (Å²) in [6.45, 7) is 2.05. The molecule has 112 valence electrons. The standard InChI is InChI=1S/C16H14N2O4/c1-2-22-16(19)17-12-3-5-14-10(8-12)7-11-9-13(18(20)21)4-6-15(11)14/h3-6,8-9H,2,7H2,1H3,(H,17,19). The third-order valence-electron chi connectivity index (χ3n) is 3.60. The van der Waals surface area contributed by atoms with Gasteiger partial charge >= 0.3 is 6.09 Å². The molecule has 0 fully saturated rings. The smallest absolute Gasteiger partial charge is 0.411 e. The van der Waals surface area contributed by atoms with Crippen LogP contribution in [0.3, 0.4) is 0 Å². The van der Waals surface area contributed by atoms with Crippen LogP contribution in [0.1, 0.15) is 18.1 Å². The summed E-state index contributed by atoms with van der Waals surface area (Å²) in [6.07, 6.45) is 0.124. The van der Waals surface area contributed by atoms with Gasteiger partial charge in [0, 0.05) is 17.8 Å². The number of nitrogens with one attached hydrogen (secondary N) is 1. The highest BCUT2D eigenvalue weighted by Gasteiger charge is 2.21. The molecule has 3 rings (SSSR count). The number of amides is 1. The molecule has 0 spiro atoms. The number of carbonyl (C=O) groups is 1. The Kier molecular flexibility index (Phi) is 3.50. The second kappa shape index (κ2) is 5.48. The first-order valence-corrected chi connectivity index (χ1v) is 6.93. The van der Waals surface area contributed by atoms with Gasteiger partial charge in [-0.05, 0) is 53.8 Å². The molecule has 2 aromatic rings. The van der Waals surface area contributed by atoms with Crippen LogP contribution >= 0.6 is 0 Å². The van der Waals surface area contributed by atoms with E-state index >= 15 is 0 Å². The lowest BCUT2D eigenvalue weighted by atomic mass is 10.1. The van der Waals surface area contributed by atoms with Crippen molar-refractivity contribution in [2.75, 3.05) is 11.9 Å². The number of benzene rings is 2. The largest absolute Gasteiger partial charge is 0.450 e. The Hall–Kier alpha value is -2.89. The Morgan fingerprint density at radius 2 is 1.91 bits per heavy atom. The lowest BCUT2D eigenvalue weighted by Gasteiger charge is -2.07. The maximum Gasteiger partial charge on any atom is 0.411 e. The Morgan fingerprint density at radius 3 is 2.59 bits per heavy atom. The summed E-state index contributed by atoms with van der Waals surface area (Å²) in [5.74, 6) is 0. The minimum atomic E-state index is -0.492. The molecule has 0 aliphatic heterocycles. The molecule has 22 heavy (non-hydrogen) atoms. The van der Waals surface area contributed by atoms with Gasteiger partial charge in [-0.1, -0.05) is 6.07 Å². The van der Waals surface area contributed by atoms with E-state index in [2.05, 4.69) is 5.32 Å². The molecule has 1 N–H and O–H groups in total. The van der Waals surface area contributed by atoms with E-state index in [0.717, 1.165) is 22.3 Å². The Labute approximate surface area is 126 Å². The van der Waals surface area contributed by atoms with Gasteiger partial charge in [0.05, 0.1) is 11.5 Å². The van der Waals surface area contributed by atoms with Crippen molar-refractivity contribution >= 4 is 17.5 Å². The normalized spacial score (nSPS) is 11.5. The number of ether oxygens (including phenoxy) is 1. The zero-order chi connectivity index (χ0) is 15.7. The number of anilines is 1. The van der Waals surface area contributed by atoms with Gasteiger partial charge in [-0.25, -0.2) is 4.79 Å². The molecule has 0 unspecified atom stereocenters. The third kappa shape index (κ3) is 2.50. The molecule has 0 radical (unpaired) electrons. The van der Waals surface area contributed by atoms with Crippen LogP contribution in [0.15, 0.2) is 36.4 Å². The zero-order valence-electron chi connectivity index (χ0n) is 12.0. The van der Waals surface area contributed by atoms with Crippen LogP contribution in [-0.2, 0) is 11.2 Å². The second-order valence-corrected chi connectivity index (χ2v) is 4.99. The molecule has 2 aromatic carbocycles. The summed E-state index contributed by atoms with van der Waals surface area (Å²) in [5, 5.41) is 13.5. The van der Waals surface area contributed by atoms with E-state index in [9.17, 15) is 14.9 Å². The van der Waals surface area contributed by atoms with Crippen LogP contribution in [-0.4, -0.2) is 17.6 Å². The first kappa shape index (κ1) is 14.1. The van der Waals surface area contributed by atoms with Crippen molar-refractivity contribution in [1.29, 1.82) is 0 Å². The number of nitrogens with zero attached hydrogens (tertiary/aromatic N) is 1. The second-order valence-electron chi connectivity index (χ2n) is 4.99. The summed E-state index contributed by atoms with van der Waals surface area (Å²) in [5.41, 5.74) is 4.75. The molecule has 0 aromatic heterocycles. The van der Waals surface area contributed by atoms with Gasteiger partial charge in [0.1, 0.15) is 0 Å². The molecule has 6 heteroatoms. The average molecular weight is 298 g/mol. The summed E-state index contributed by atoms with van der Waals surface area (Å²) in [4.78, 5) is 21.9. The van der Waals surface area contributed by atoms with E-state index in [1.54, 1.807) is 25.1 Å². The fourth-order valence-electron chi connectivity index (χ4n) is 2.67. The maximum absolute atomic E-state index is 11.4. The molecule has 0 bridgehead atoms. The molecule has 6 nitrogen and oxygen atoms in total. The zero-order valence-corrected chi connectivity index (χ0v) is 12.0. The van der Waals surface area contributed by atoms with Gasteiger partial charge in [-0.2, -0.15) is 0 Å². The molecular weight excluding hydrogens is 284 g/mol. The van der Waals surface area contributed by atoms with Gasteiger partial charge in [0.25, 0.3) is 5.69 Å². The highest BCUT2D eigenvalue weighted by molar-refractivity contribution is 5.87. The summed E-state index contributed by atoms with van der Waals surface area (Å²) >= 11 is 0. The van der Waals surface area contributed by atoms with Crippen LogP contribution in [0.5, 0.6) is 0 Å². The van der Waals surface area contributed by atoms with Gasteiger partial charge in [0.2, 0.25) is 0 Å². The van der Waals surface area contributed by atoms with Crippen LogP contribution < -0.4 is 5.32 Å². The monoisotopic (exact) mass is 298 g/mol. The van der Waals surface area contributed by atoms with Crippen molar-refractivity contribution in [2.45, 2.75) is 13.3 Å². The van der Waals surface area contributed by atoms with Crippen molar-refractivity contribution in [3.63, 3.8) is 0 Å². The summed E-state index contributed by atoms with van der Waals surface area (Å²) in [6, 6.07) is 10.5. The van der Waals surface area contributed by atoms with Crippen molar-refractivity contribution in [2.24, 2.45) is 0 Å². The lowest BCUT2D eigenvalue weighted by molar-refractivity contribution is -0.384. The molecule has 1 aliphatic rings. The highest BCUT2D eigenvalue weighted by Crippen LogP contribution is 2.39. The highest BCUT2D eigenvalue weighted by atomic mass is 16.6. The number of hydrogen-bond donors (Lipinski definition) is 1. The van der Waals surface area contributed by atoms with Gasteiger partial charge < -0.3 is 4.74 Å². The molecular formula is C16H14N2O4. The van der Waals surface area contributed by atoms with E-state index in [0.29, 0.717) is 18.7 Å². The molecule has 1 aliphatic carbocycles.